The molecule has 11 nitrogen and oxygen atoms in total. The lowest BCUT2D eigenvalue weighted by Gasteiger charge is -2.31. The van der Waals surface area contributed by atoms with Crippen molar-refractivity contribution in [3.8, 4) is 39.4 Å². The Balaban J connectivity index is 1.04. The number of hydrogen-bond donors (Lipinski definition) is 2. The normalized spacial score (nSPS) is 22.4. The number of ether oxygens (including phenoxy) is 3. The van der Waals surface area contributed by atoms with Crippen molar-refractivity contribution in [1.29, 1.82) is 0 Å². The van der Waals surface area contributed by atoms with Crippen LogP contribution in [0.25, 0.3) is 33.6 Å². The quantitative estimate of drug-likeness (QED) is 0.195. The number of rotatable bonds is 7. The zero-order valence-corrected chi connectivity index (χ0v) is 32.9. The molecule has 8 rings (SSSR count). The molecule has 0 saturated carbocycles. The summed E-state index contributed by atoms with van der Waals surface area (Å²) in [6, 6.07) is 10.9. The Morgan fingerprint density at radius 3 is 2.56 bits per heavy atom. The van der Waals surface area contributed by atoms with E-state index in [1.807, 2.05) is 38.8 Å². The van der Waals surface area contributed by atoms with Gasteiger partial charge in [0.1, 0.15) is 29.6 Å². The lowest BCUT2D eigenvalue weighted by atomic mass is 9.86. The number of methoxy groups -OCH3 is 1. The van der Waals surface area contributed by atoms with Crippen molar-refractivity contribution in [2.45, 2.75) is 111 Å². The zero-order valence-electron chi connectivity index (χ0n) is 32.9. The fourth-order valence-corrected chi connectivity index (χ4v) is 8.79. The van der Waals surface area contributed by atoms with E-state index in [2.05, 4.69) is 66.0 Å². The van der Waals surface area contributed by atoms with Gasteiger partial charge in [0.2, 0.25) is 5.91 Å². The highest BCUT2D eigenvalue weighted by Crippen LogP contribution is 2.46. The van der Waals surface area contributed by atoms with Crippen LogP contribution in [0.2, 0.25) is 0 Å². The summed E-state index contributed by atoms with van der Waals surface area (Å²) >= 11 is 0. The molecule has 2 fully saturated rings. The molecule has 2 aromatic heterocycles. The third-order valence-corrected chi connectivity index (χ3v) is 11.9. The molecule has 0 spiro atoms. The first-order valence-electron chi connectivity index (χ1n) is 19.7. The maximum absolute atomic E-state index is 13.5. The van der Waals surface area contributed by atoms with Crippen LogP contribution >= 0.6 is 0 Å². The van der Waals surface area contributed by atoms with Gasteiger partial charge in [-0.15, -0.1) is 0 Å². The Bertz CT molecular complexity index is 2080. The molecule has 1 aliphatic carbocycles. The van der Waals surface area contributed by atoms with E-state index in [1.54, 1.807) is 7.11 Å². The van der Waals surface area contributed by atoms with Gasteiger partial charge in [0.25, 0.3) is 0 Å². The Kier molecular flexibility index (Phi) is 9.35. The predicted octanol–water partition coefficient (Wildman–Crippen LogP) is 8.41. The summed E-state index contributed by atoms with van der Waals surface area (Å²) in [6.45, 7) is 15.7. The summed E-state index contributed by atoms with van der Waals surface area (Å²) in [4.78, 5) is 47.8. The zero-order chi connectivity index (χ0) is 38.1. The summed E-state index contributed by atoms with van der Waals surface area (Å²) in [7, 11) is 1.70. The number of fused-ring (bicyclic) bond motifs is 6. The SMILES string of the molecule is COC[C@H]1C[C@@H](c2nc3c([nH]2)-c2cc4c(cc2CC3)-c2ccc(-c3cnc([C@@H]5CC[C@H](C)N5C(=O)[C@@H](C)C(C)C)[nH]3)cc2CO4)N(C(=O)OC(C)(C)C)C1. The van der Waals surface area contributed by atoms with E-state index in [-0.39, 0.29) is 47.9 Å². The van der Waals surface area contributed by atoms with Crippen LogP contribution in [-0.2, 0) is 33.7 Å². The molecule has 2 amide bonds. The standard InChI is InChI=1S/C43H54N6O5/c1-23(2)25(4)41(50)49-24(3)9-14-35(49)39-44-19-34(46-39)28-10-12-30-29(16-28)22-53-37-18-31-27(17-32(30)37)11-13-33-38(31)47-40(45-33)36-15-26(21-52-8)20-48(36)42(51)54-43(5,6)7/h10,12,16-19,23-26,35-36H,9,11,13-15,20-22H2,1-8H3,(H,44,46)(H,45,47)/t24-,25-,26-,35-,36-/m0/s1. The number of nitrogens with one attached hydrogen (secondary N) is 2. The predicted molar refractivity (Wildman–Crippen MR) is 207 cm³/mol. The van der Waals surface area contributed by atoms with Gasteiger partial charge in [0.15, 0.2) is 0 Å². The number of aromatic nitrogens is 4. The number of nitrogens with zero attached hydrogens (tertiary/aromatic N) is 4. The highest BCUT2D eigenvalue weighted by molar-refractivity contribution is 5.83. The van der Waals surface area contributed by atoms with Crippen LogP contribution < -0.4 is 4.74 Å². The minimum Gasteiger partial charge on any atom is -0.488 e. The van der Waals surface area contributed by atoms with Crippen molar-refractivity contribution in [3.63, 3.8) is 0 Å². The molecule has 2 aromatic carbocycles. The number of hydrogen-bond acceptors (Lipinski definition) is 7. The first-order chi connectivity index (χ1) is 25.8. The van der Waals surface area contributed by atoms with E-state index in [0.29, 0.717) is 19.8 Å². The van der Waals surface area contributed by atoms with Crippen molar-refractivity contribution < 1.29 is 23.8 Å². The third-order valence-electron chi connectivity index (χ3n) is 11.9. The fraction of sp³-hybridized carbons (Fsp3) is 0.535. The largest absolute Gasteiger partial charge is 0.488 e. The third kappa shape index (κ3) is 6.58. The average Bonchev–Trinajstić information content (AvgIpc) is 3.95. The maximum atomic E-state index is 13.5. The summed E-state index contributed by atoms with van der Waals surface area (Å²) < 4.78 is 17.7. The second-order valence-electron chi connectivity index (χ2n) is 17.2. The maximum Gasteiger partial charge on any atom is 0.410 e. The molecule has 4 aliphatic rings. The molecule has 3 aliphatic heterocycles. The first kappa shape index (κ1) is 36.3. The van der Waals surface area contributed by atoms with E-state index in [4.69, 9.17) is 24.2 Å². The molecule has 2 N–H and O–H groups in total. The smallest absolute Gasteiger partial charge is 0.410 e. The van der Waals surface area contributed by atoms with Gasteiger partial charge >= 0.3 is 6.09 Å². The Morgan fingerprint density at radius 2 is 1.80 bits per heavy atom. The van der Waals surface area contributed by atoms with Crippen LogP contribution in [0.5, 0.6) is 5.75 Å². The molecule has 286 valence electrons. The second-order valence-corrected chi connectivity index (χ2v) is 17.2. The van der Waals surface area contributed by atoms with Gasteiger partial charge in [-0.05, 0) is 106 Å². The highest BCUT2D eigenvalue weighted by atomic mass is 16.6. The highest BCUT2D eigenvalue weighted by Gasteiger charge is 2.42. The van der Waals surface area contributed by atoms with E-state index in [1.165, 1.54) is 11.1 Å². The van der Waals surface area contributed by atoms with Gasteiger partial charge in [0.05, 0.1) is 42.0 Å². The van der Waals surface area contributed by atoms with E-state index >= 15 is 0 Å². The average molecular weight is 735 g/mol. The Morgan fingerprint density at radius 1 is 0.981 bits per heavy atom. The van der Waals surface area contributed by atoms with Crippen molar-refractivity contribution in [1.82, 2.24) is 29.7 Å². The van der Waals surface area contributed by atoms with E-state index < -0.39 is 5.60 Å². The molecule has 4 aromatic rings. The number of aromatic amines is 2. The molecule has 11 heteroatoms. The Hall–Kier alpha value is -4.64. The summed E-state index contributed by atoms with van der Waals surface area (Å²) in [5.41, 5.74) is 9.17. The van der Waals surface area contributed by atoms with Gasteiger partial charge in [0, 0.05) is 42.7 Å². The van der Waals surface area contributed by atoms with Crippen LogP contribution in [-0.4, -0.2) is 73.6 Å². The van der Waals surface area contributed by atoms with E-state index in [9.17, 15) is 9.59 Å². The van der Waals surface area contributed by atoms with Crippen LogP contribution in [0.1, 0.15) is 108 Å². The molecule has 54 heavy (non-hydrogen) atoms. The van der Waals surface area contributed by atoms with E-state index in [0.717, 1.165) is 88.8 Å². The molecule has 2 saturated heterocycles. The Labute approximate surface area is 318 Å². The number of amides is 2. The number of likely N-dealkylation sites (tertiary alicyclic amines) is 2. The number of benzene rings is 2. The minimum absolute atomic E-state index is 0.0290. The summed E-state index contributed by atoms with van der Waals surface area (Å²) in [5.74, 6) is 3.18. The number of aryl methyl sites for hydroxylation is 2. The molecule has 5 atom stereocenters. The number of carbonyl (C=O) groups excluding carboxylic acids is 2. The fourth-order valence-electron chi connectivity index (χ4n) is 8.79. The first-order valence-corrected chi connectivity index (χ1v) is 19.7. The minimum atomic E-state index is -0.588. The number of carbonyl (C=O) groups is 2. The summed E-state index contributed by atoms with van der Waals surface area (Å²) in [6.07, 6.45) is 5.89. The number of imidazole rings is 2. The van der Waals surface area contributed by atoms with Gasteiger partial charge in [-0.1, -0.05) is 32.9 Å². The monoisotopic (exact) mass is 734 g/mol. The molecular weight excluding hydrogens is 681 g/mol. The van der Waals surface area contributed by atoms with Gasteiger partial charge in [-0.25, -0.2) is 14.8 Å². The van der Waals surface area contributed by atoms with Crippen molar-refractivity contribution >= 4 is 12.0 Å². The summed E-state index contributed by atoms with van der Waals surface area (Å²) in [5, 5.41) is 0. The number of H-pyrrole nitrogens is 2. The second kappa shape index (κ2) is 13.9. The van der Waals surface area contributed by atoms with Crippen LogP contribution in [0.3, 0.4) is 0 Å². The van der Waals surface area contributed by atoms with Gasteiger partial charge in [-0.2, -0.15) is 0 Å². The van der Waals surface area contributed by atoms with Crippen molar-refractivity contribution in [2.24, 2.45) is 17.8 Å². The van der Waals surface area contributed by atoms with Crippen molar-refractivity contribution in [3.05, 3.63) is 65.0 Å². The molecule has 0 unspecified atom stereocenters. The van der Waals surface area contributed by atoms with Crippen LogP contribution in [0.15, 0.2) is 36.5 Å². The lowest BCUT2D eigenvalue weighted by Crippen LogP contribution is -2.40. The molecule has 5 heterocycles. The van der Waals surface area contributed by atoms with Crippen LogP contribution in [0, 0.1) is 17.8 Å². The molecular formula is C43H54N6O5. The van der Waals surface area contributed by atoms with Gasteiger partial charge < -0.3 is 29.1 Å². The van der Waals surface area contributed by atoms with Gasteiger partial charge in [-0.3, -0.25) is 9.69 Å². The van der Waals surface area contributed by atoms with Crippen molar-refractivity contribution in [2.75, 3.05) is 20.3 Å². The molecule has 0 radical (unpaired) electrons. The lowest BCUT2D eigenvalue weighted by molar-refractivity contribution is -0.139. The van der Waals surface area contributed by atoms with Crippen LogP contribution in [0.4, 0.5) is 4.79 Å². The topological polar surface area (TPSA) is 126 Å². The molecule has 0 bridgehead atoms.